The van der Waals surface area contributed by atoms with Crippen LogP contribution in [0.5, 0.6) is 0 Å². The number of ether oxygens (including phenoxy) is 1. The van der Waals surface area contributed by atoms with Crippen molar-refractivity contribution in [1.29, 1.82) is 0 Å². The van der Waals surface area contributed by atoms with Gasteiger partial charge < -0.3 is 14.5 Å². The van der Waals surface area contributed by atoms with Crippen LogP contribution in [0.25, 0.3) is 0 Å². The molecular weight excluding hydrogens is 444 g/mol. The number of esters is 1. The minimum Gasteiger partial charge on any atom is -0.469 e. The van der Waals surface area contributed by atoms with Crippen LogP contribution in [0.3, 0.4) is 0 Å². The van der Waals surface area contributed by atoms with Crippen LogP contribution >= 0.6 is 11.6 Å². The molecule has 0 aliphatic carbocycles. The number of furan rings is 1. The van der Waals surface area contributed by atoms with Crippen LogP contribution in [-0.4, -0.2) is 44.3 Å². The van der Waals surface area contributed by atoms with Crippen LogP contribution in [0.2, 0.25) is 5.02 Å². The van der Waals surface area contributed by atoms with E-state index >= 15 is 0 Å². The Morgan fingerprint density at radius 2 is 1.87 bits per heavy atom. The van der Waals surface area contributed by atoms with Gasteiger partial charge >= 0.3 is 5.97 Å². The van der Waals surface area contributed by atoms with Crippen LogP contribution in [0, 0.1) is 0 Å². The monoisotopic (exact) mass is 468 g/mol. The SMILES string of the molecule is O=C(COC(=O)CCc1ccco1)Nc1cc(S(=O)(=O)N2CCCCCC2)ccc1Cl. The Hall–Kier alpha value is -2.36. The second kappa shape index (κ2) is 10.8. The third-order valence-electron chi connectivity index (χ3n) is 4.93. The Labute approximate surface area is 186 Å². The molecule has 1 N–H and O–H groups in total. The van der Waals surface area contributed by atoms with Gasteiger partial charge in [-0.2, -0.15) is 4.31 Å². The molecule has 0 atom stereocenters. The van der Waals surface area contributed by atoms with Crippen molar-refractivity contribution in [3.05, 3.63) is 47.4 Å². The average molecular weight is 469 g/mol. The van der Waals surface area contributed by atoms with E-state index in [1.165, 1.54) is 28.8 Å². The molecular formula is C21H25ClN2O6S. The van der Waals surface area contributed by atoms with Crippen LogP contribution in [-0.2, 0) is 30.8 Å². The van der Waals surface area contributed by atoms with Gasteiger partial charge in [0.2, 0.25) is 10.0 Å². The summed E-state index contributed by atoms with van der Waals surface area (Å²) in [5.41, 5.74) is 0.147. The summed E-state index contributed by atoms with van der Waals surface area (Å²) in [4.78, 5) is 24.0. The molecule has 1 saturated heterocycles. The van der Waals surface area contributed by atoms with Crippen LogP contribution in [0.1, 0.15) is 37.9 Å². The Kier molecular flexibility index (Phi) is 8.11. The highest BCUT2D eigenvalue weighted by atomic mass is 35.5. The van der Waals surface area contributed by atoms with Crippen molar-refractivity contribution in [1.82, 2.24) is 4.31 Å². The molecule has 1 fully saturated rings. The Balaban J connectivity index is 1.58. The number of nitrogens with zero attached hydrogens (tertiary/aromatic N) is 1. The van der Waals surface area contributed by atoms with Crippen molar-refractivity contribution in [2.45, 2.75) is 43.4 Å². The molecule has 2 aromatic rings. The largest absolute Gasteiger partial charge is 0.469 e. The number of hydrogen-bond donors (Lipinski definition) is 1. The van der Waals surface area contributed by atoms with E-state index in [4.69, 9.17) is 20.8 Å². The molecule has 168 valence electrons. The third kappa shape index (κ3) is 6.56. The molecule has 2 heterocycles. The van der Waals surface area contributed by atoms with E-state index in [0.717, 1.165) is 25.7 Å². The molecule has 31 heavy (non-hydrogen) atoms. The summed E-state index contributed by atoms with van der Waals surface area (Å²) in [5.74, 6) is -0.511. The van der Waals surface area contributed by atoms with E-state index < -0.39 is 28.5 Å². The second-order valence-electron chi connectivity index (χ2n) is 7.25. The second-order valence-corrected chi connectivity index (χ2v) is 9.59. The van der Waals surface area contributed by atoms with Gasteiger partial charge in [0.05, 0.1) is 28.3 Å². The van der Waals surface area contributed by atoms with E-state index in [0.29, 0.717) is 25.3 Å². The molecule has 3 rings (SSSR count). The van der Waals surface area contributed by atoms with Crippen molar-refractivity contribution in [3.8, 4) is 0 Å². The normalized spacial score (nSPS) is 15.3. The number of halogens is 1. The fourth-order valence-electron chi connectivity index (χ4n) is 3.28. The van der Waals surface area contributed by atoms with Crippen molar-refractivity contribution in [2.24, 2.45) is 0 Å². The molecule has 1 aliphatic rings. The van der Waals surface area contributed by atoms with Gasteiger partial charge in [-0.15, -0.1) is 0 Å². The minimum atomic E-state index is -3.69. The first-order valence-electron chi connectivity index (χ1n) is 10.1. The van der Waals surface area contributed by atoms with E-state index in [2.05, 4.69) is 5.32 Å². The summed E-state index contributed by atoms with van der Waals surface area (Å²) in [6.45, 7) is 0.442. The summed E-state index contributed by atoms with van der Waals surface area (Å²) in [5, 5.41) is 2.70. The maximum atomic E-state index is 13.0. The van der Waals surface area contributed by atoms with E-state index in [-0.39, 0.29) is 22.0 Å². The van der Waals surface area contributed by atoms with Crippen LogP contribution < -0.4 is 5.32 Å². The number of nitrogens with one attached hydrogen (secondary N) is 1. The maximum absolute atomic E-state index is 13.0. The zero-order valence-electron chi connectivity index (χ0n) is 17.0. The quantitative estimate of drug-likeness (QED) is 0.593. The van der Waals surface area contributed by atoms with Gasteiger partial charge in [-0.05, 0) is 43.2 Å². The summed E-state index contributed by atoms with van der Waals surface area (Å²) >= 11 is 6.13. The lowest BCUT2D eigenvalue weighted by Gasteiger charge is -2.20. The first kappa shape index (κ1) is 23.3. The van der Waals surface area contributed by atoms with Gasteiger partial charge in [-0.1, -0.05) is 24.4 Å². The average Bonchev–Trinajstić information content (AvgIpc) is 3.11. The maximum Gasteiger partial charge on any atom is 0.306 e. The van der Waals surface area contributed by atoms with Gasteiger partial charge in [0.15, 0.2) is 6.61 Å². The molecule has 0 radical (unpaired) electrons. The Morgan fingerprint density at radius 1 is 1.13 bits per heavy atom. The predicted molar refractivity (Wildman–Crippen MR) is 115 cm³/mol. The van der Waals surface area contributed by atoms with E-state index in [1.54, 1.807) is 12.1 Å². The third-order valence-corrected chi connectivity index (χ3v) is 7.16. The summed E-state index contributed by atoms with van der Waals surface area (Å²) < 4.78 is 37.5. The van der Waals surface area contributed by atoms with Crippen LogP contribution in [0.4, 0.5) is 5.69 Å². The molecule has 8 nitrogen and oxygen atoms in total. The van der Waals surface area contributed by atoms with Crippen molar-refractivity contribution >= 4 is 39.2 Å². The number of hydrogen-bond acceptors (Lipinski definition) is 6. The molecule has 10 heteroatoms. The molecule has 0 unspecified atom stereocenters. The fraction of sp³-hybridized carbons (Fsp3) is 0.429. The Bertz CT molecular complexity index is 999. The van der Waals surface area contributed by atoms with Gasteiger partial charge in [-0.25, -0.2) is 8.42 Å². The van der Waals surface area contributed by atoms with E-state index in [1.807, 2.05) is 0 Å². The number of benzene rings is 1. The lowest BCUT2D eigenvalue weighted by atomic mass is 10.2. The number of aryl methyl sites for hydroxylation is 1. The lowest BCUT2D eigenvalue weighted by Crippen LogP contribution is -2.32. The highest BCUT2D eigenvalue weighted by Gasteiger charge is 2.26. The fourth-order valence-corrected chi connectivity index (χ4v) is 4.98. The lowest BCUT2D eigenvalue weighted by molar-refractivity contribution is -0.147. The van der Waals surface area contributed by atoms with Gasteiger partial charge in [0.25, 0.3) is 5.91 Å². The number of amides is 1. The molecule has 0 bridgehead atoms. The van der Waals surface area contributed by atoms with Gasteiger partial charge in [-0.3, -0.25) is 9.59 Å². The molecule has 1 aliphatic heterocycles. The zero-order valence-corrected chi connectivity index (χ0v) is 18.6. The first-order chi connectivity index (χ1) is 14.9. The first-order valence-corrected chi connectivity index (χ1v) is 12.0. The standard InChI is InChI=1S/C21H25ClN2O6S/c22-18-9-8-17(31(27,28)24-11-3-1-2-4-12-24)14-19(18)23-20(25)15-30-21(26)10-7-16-6-5-13-29-16/h5-6,8-9,13-14H,1-4,7,10-12,15H2,(H,23,25). The number of anilines is 1. The number of sulfonamides is 1. The minimum absolute atomic E-state index is 0.0598. The molecule has 1 amide bonds. The summed E-state index contributed by atoms with van der Waals surface area (Å²) in [7, 11) is -3.69. The number of rotatable bonds is 8. The predicted octanol–water partition coefficient (Wildman–Crippen LogP) is 3.61. The van der Waals surface area contributed by atoms with Crippen molar-refractivity contribution in [2.75, 3.05) is 25.0 Å². The van der Waals surface area contributed by atoms with Crippen molar-refractivity contribution < 1.29 is 27.2 Å². The highest BCUT2D eigenvalue weighted by molar-refractivity contribution is 7.89. The number of carbonyl (C=O) groups excluding carboxylic acids is 2. The molecule has 1 aromatic heterocycles. The van der Waals surface area contributed by atoms with Crippen LogP contribution in [0.15, 0.2) is 45.9 Å². The van der Waals surface area contributed by atoms with E-state index in [9.17, 15) is 18.0 Å². The smallest absolute Gasteiger partial charge is 0.306 e. The van der Waals surface area contributed by atoms with Crippen molar-refractivity contribution in [3.63, 3.8) is 0 Å². The molecule has 0 spiro atoms. The van der Waals surface area contributed by atoms with Gasteiger partial charge in [0.1, 0.15) is 5.76 Å². The number of carbonyl (C=O) groups is 2. The Morgan fingerprint density at radius 3 is 2.55 bits per heavy atom. The zero-order chi connectivity index (χ0) is 22.3. The molecule has 0 saturated carbocycles. The summed E-state index contributed by atoms with van der Waals surface area (Å²) in [6.07, 6.45) is 5.62. The van der Waals surface area contributed by atoms with Gasteiger partial charge in [0, 0.05) is 19.5 Å². The highest BCUT2D eigenvalue weighted by Crippen LogP contribution is 2.28. The molecule has 1 aromatic carbocycles. The topological polar surface area (TPSA) is 106 Å². The summed E-state index contributed by atoms with van der Waals surface area (Å²) in [6, 6.07) is 7.65.